The Morgan fingerprint density at radius 1 is 1.47 bits per heavy atom. The van der Waals surface area contributed by atoms with Crippen LogP contribution in [0.1, 0.15) is 32.1 Å². The van der Waals surface area contributed by atoms with E-state index in [4.69, 9.17) is 9.15 Å². The summed E-state index contributed by atoms with van der Waals surface area (Å²) in [6.45, 7) is 9.40. The maximum atomic E-state index is 5.51. The molecule has 3 nitrogen and oxygen atoms in total. The second kappa shape index (κ2) is 8.09. The predicted octanol–water partition coefficient (Wildman–Crippen LogP) is 3.12. The van der Waals surface area contributed by atoms with Gasteiger partial charge in [0.25, 0.3) is 0 Å². The summed E-state index contributed by atoms with van der Waals surface area (Å²) in [4.78, 5) is 0. The molecule has 1 heterocycles. The molecule has 0 spiro atoms. The second-order valence-corrected chi connectivity index (χ2v) is 4.48. The molecule has 1 aromatic heterocycles. The molecule has 0 unspecified atom stereocenters. The lowest BCUT2D eigenvalue weighted by Crippen LogP contribution is -2.19. The van der Waals surface area contributed by atoms with Crippen LogP contribution in [0, 0.1) is 5.92 Å². The molecule has 96 valence electrons. The Balaban J connectivity index is 2.32. The van der Waals surface area contributed by atoms with Crippen molar-refractivity contribution < 1.29 is 9.15 Å². The van der Waals surface area contributed by atoms with Crippen LogP contribution < -0.4 is 5.32 Å². The minimum atomic E-state index is 0.611. The fourth-order valence-corrected chi connectivity index (χ4v) is 1.46. The van der Waals surface area contributed by atoms with E-state index in [9.17, 15) is 0 Å². The van der Waals surface area contributed by atoms with Gasteiger partial charge in [0.05, 0.1) is 26.0 Å². The van der Waals surface area contributed by atoms with Crippen LogP contribution in [0.5, 0.6) is 0 Å². The molecule has 0 atom stereocenters. The normalized spacial score (nSPS) is 11.8. The first-order valence-corrected chi connectivity index (χ1v) is 6.19. The van der Waals surface area contributed by atoms with Crippen LogP contribution in [0.2, 0.25) is 0 Å². The van der Waals surface area contributed by atoms with Crippen molar-refractivity contribution in [2.24, 2.45) is 5.92 Å². The third kappa shape index (κ3) is 5.71. The first-order valence-electron chi connectivity index (χ1n) is 6.19. The number of nitrogens with one attached hydrogen (secondary N) is 1. The maximum Gasteiger partial charge on any atom is 0.123 e. The molecule has 0 aliphatic rings. The average molecular weight is 237 g/mol. The highest BCUT2D eigenvalue weighted by atomic mass is 16.5. The van der Waals surface area contributed by atoms with Gasteiger partial charge in [-0.25, -0.2) is 0 Å². The predicted molar refractivity (Wildman–Crippen MR) is 69.7 cm³/mol. The highest BCUT2D eigenvalue weighted by molar-refractivity contribution is 5.15. The lowest BCUT2D eigenvalue weighted by molar-refractivity contribution is 0.147. The fourth-order valence-electron chi connectivity index (χ4n) is 1.46. The minimum Gasteiger partial charge on any atom is -0.468 e. The molecular weight excluding hydrogens is 214 g/mol. The first kappa shape index (κ1) is 14.0. The van der Waals surface area contributed by atoms with Gasteiger partial charge in [-0.2, -0.15) is 0 Å². The van der Waals surface area contributed by atoms with Crippen molar-refractivity contribution in [3.8, 4) is 0 Å². The number of ether oxygens (including phenoxy) is 1. The molecule has 0 amide bonds. The molecule has 1 rings (SSSR count). The third-order valence-electron chi connectivity index (χ3n) is 2.38. The summed E-state index contributed by atoms with van der Waals surface area (Å²) in [5, 5.41) is 3.37. The Kier molecular flexibility index (Phi) is 6.67. The van der Waals surface area contributed by atoms with Gasteiger partial charge in [0.15, 0.2) is 0 Å². The van der Waals surface area contributed by atoms with Crippen molar-refractivity contribution in [3.05, 3.63) is 35.8 Å². The van der Waals surface area contributed by atoms with E-state index < -0.39 is 0 Å². The van der Waals surface area contributed by atoms with Gasteiger partial charge in [-0.1, -0.05) is 26.0 Å². The van der Waals surface area contributed by atoms with E-state index in [0.717, 1.165) is 24.4 Å². The molecule has 0 aliphatic heterocycles. The summed E-state index contributed by atoms with van der Waals surface area (Å²) >= 11 is 0. The summed E-state index contributed by atoms with van der Waals surface area (Å²) in [6.07, 6.45) is 5.71. The van der Waals surface area contributed by atoms with Crippen LogP contribution in [0.25, 0.3) is 0 Å². The number of allylic oxidation sites excluding steroid dienone is 1. The van der Waals surface area contributed by atoms with Gasteiger partial charge in [-0.15, -0.1) is 0 Å². The van der Waals surface area contributed by atoms with Crippen molar-refractivity contribution in [3.63, 3.8) is 0 Å². The summed E-state index contributed by atoms with van der Waals surface area (Å²) in [5.41, 5.74) is 1.13. The molecular formula is C14H23NO2. The van der Waals surface area contributed by atoms with Gasteiger partial charge in [0.1, 0.15) is 5.76 Å². The maximum absolute atomic E-state index is 5.51. The molecule has 0 radical (unpaired) electrons. The molecule has 17 heavy (non-hydrogen) atoms. The van der Waals surface area contributed by atoms with Crippen molar-refractivity contribution in [1.29, 1.82) is 0 Å². The van der Waals surface area contributed by atoms with E-state index >= 15 is 0 Å². The quantitative estimate of drug-likeness (QED) is 0.557. The van der Waals surface area contributed by atoms with E-state index in [1.54, 1.807) is 6.26 Å². The molecule has 0 saturated heterocycles. The third-order valence-corrected chi connectivity index (χ3v) is 2.38. The van der Waals surface area contributed by atoms with Gasteiger partial charge >= 0.3 is 0 Å². The van der Waals surface area contributed by atoms with Crippen LogP contribution in [-0.2, 0) is 17.9 Å². The highest BCUT2D eigenvalue weighted by Crippen LogP contribution is 2.11. The zero-order chi connectivity index (χ0) is 12.5. The summed E-state index contributed by atoms with van der Waals surface area (Å²) in [5.74, 6) is 1.63. The Labute approximate surface area is 104 Å². The molecule has 0 fully saturated rings. The standard InChI is InChI=1S/C14H23NO2/c1-4-5-7-16-11-13-6-8-17-14(13)10-15-9-12(2)3/h4-6,8,12,15H,7,9-11H2,1-3H3. The molecule has 3 heteroatoms. The van der Waals surface area contributed by atoms with Crippen LogP contribution in [-0.4, -0.2) is 13.2 Å². The SMILES string of the molecule is CC=CCOCc1ccoc1CNCC(C)C. The molecule has 0 bridgehead atoms. The first-order chi connectivity index (χ1) is 8.24. The van der Waals surface area contributed by atoms with E-state index in [1.165, 1.54) is 0 Å². The van der Waals surface area contributed by atoms with Crippen LogP contribution in [0.4, 0.5) is 0 Å². The smallest absolute Gasteiger partial charge is 0.123 e. The lowest BCUT2D eigenvalue weighted by atomic mass is 10.2. The zero-order valence-corrected chi connectivity index (χ0v) is 11.0. The number of hydrogen-bond donors (Lipinski definition) is 1. The molecule has 0 aromatic carbocycles. The van der Waals surface area contributed by atoms with E-state index in [-0.39, 0.29) is 0 Å². The average Bonchev–Trinajstić information content (AvgIpc) is 2.72. The van der Waals surface area contributed by atoms with Gasteiger partial charge in [-0.05, 0) is 25.5 Å². The van der Waals surface area contributed by atoms with E-state index in [1.807, 2.05) is 25.1 Å². The summed E-state index contributed by atoms with van der Waals surface area (Å²) in [7, 11) is 0. The summed E-state index contributed by atoms with van der Waals surface area (Å²) < 4.78 is 11.0. The fraction of sp³-hybridized carbons (Fsp3) is 0.571. The number of furan rings is 1. The van der Waals surface area contributed by atoms with Crippen LogP contribution in [0.3, 0.4) is 0 Å². The van der Waals surface area contributed by atoms with Gasteiger partial charge < -0.3 is 14.5 Å². The van der Waals surface area contributed by atoms with Crippen molar-refractivity contribution in [2.45, 2.75) is 33.9 Å². The number of hydrogen-bond acceptors (Lipinski definition) is 3. The Morgan fingerprint density at radius 3 is 3.00 bits per heavy atom. The highest BCUT2D eigenvalue weighted by Gasteiger charge is 2.06. The van der Waals surface area contributed by atoms with Crippen molar-refractivity contribution in [2.75, 3.05) is 13.2 Å². The van der Waals surface area contributed by atoms with Crippen molar-refractivity contribution in [1.82, 2.24) is 5.32 Å². The molecule has 0 saturated carbocycles. The Morgan fingerprint density at radius 2 is 2.29 bits per heavy atom. The molecule has 1 aromatic rings. The van der Waals surface area contributed by atoms with Gasteiger partial charge in [0, 0.05) is 5.56 Å². The molecule has 1 N–H and O–H groups in total. The monoisotopic (exact) mass is 237 g/mol. The van der Waals surface area contributed by atoms with Crippen LogP contribution >= 0.6 is 0 Å². The van der Waals surface area contributed by atoms with Crippen LogP contribution in [0.15, 0.2) is 28.9 Å². The van der Waals surface area contributed by atoms with E-state index in [0.29, 0.717) is 19.1 Å². The topological polar surface area (TPSA) is 34.4 Å². The Bertz CT molecular complexity index is 329. The number of rotatable bonds is 8. The second-order valence-electron chi connectivity index (χ2n) is 4.48. The van der Waals surface area contributed by atoms with E-state index in [2.05, 4.69) is 19.2 Å². The van der Waals surface area contributed by atoms with Crippen molar-refractivity contribution >= 4 is 0 Å². The lowest BCUT2D eigenvalue weighted by Gasteiger charge is -2.07. The largest absolute Gasteiger partial charge is 0.468 e. The molecule has 0 aliphatic carbocycles. The zero-order valence-electron chi connectivity index (χ0n) is 11.0. The van der Waals surface area contributed by atoms with Gasteiger partial charge in [-0.3, -0.25) is 0 Å². The Hall–Kier alpha value is -1.06. The minimum absolute atomic E-state index is 0.611. The summed E-state index contributed by atoms with van der Waals surface area (Å²) in [6, 6.07) is 1.97. The van der Waals surface area contributed by atoms with Gasteiger partial charge in [0.2, 0.25) is 0 Å².